The summed E-state index contributed by atoms with van der Waals surface area (Å²) in [4.78, 5) is 30.4. The van der Waals surface area contributed by atoms with Crippen LogP contribution in [0.3, 0.4) is 0 Å². The molecule has 2 aromatic heterocycles. The van der Waals surface area contributed by atoms with Crippen LogP contribution in [-0.2, 0) is 4.79 Å². The Morgan fingerprint density at radius 3 is 2.67 bits per heavy atom. The second-order valence-corrected chi connectivity index (χ2v) is 7.28. The van der Waals surface area contributed by atoms with E-state index in [0.29, 0.717) is 29.3 Å². The lowest BCUT2D eigenvalue weighted by Gasteiger charge is -2.36. The molecule has 1 saturated carbocycles. The van der Waals surface area contributed by atoms with Crippen LogP contribution in [-0.4, -0.2) is 29.4 Å². The highest BCUT2D eigenvalue weighted by Crippen LogP contribution is 2.31. The average molecular weight is 347 g/mol. The van der Waals surface area contributed by atoms with Crippen LogP contribution < -0.4 is 10.6 Å². The fraction of sp³-hybridized carbons (Fsp3) is 0.471. The number of hydrogen-bond acceptors (Lipinski definition) is 5. The van der Waals surface area contributed by atoms with Crippen LogP contribution in [0.4, 0.5) is 0 Å². The maximum atomic E-state index is 12.8. The van der Waals surface area contributed by atoms with Crippen LogP contribution in [0.5, 0.6) is 0 Å². The van der Waals surface area contributed by atoms with Gasteiger partial charge in [-0.25, -0.2) is 4.98 Å². The van der Waals surface area contributed by atoms with Crippen molar-refractivity contribution in [2.45, 2.75) is 44.6 Å². The number of nitrogens with one attached hydrogen (secondary N) is 2. The number of hydrogen-bond donors (Lipinski definition) is 2. The van der Waals surface area contributed by atoms with Crippen molar-refractivity contribution in [1.82, 2.24) is 15.6 Å². The van der Waals surface area contributed by atoms with Crippen molar-refractivity contribution in [3.63, 3.8) is 0 Å². The molecule has 2 aromatic rings. The van der Waals surface area contributed by atoms with E-state index in [9.17, 15) is 9.59 Å². The van der Waals surface area contributed by atoms with Crippen LogP contribution in [0, 0.1) is 6.92 Å². The highest BCUT2D eigenvalue weighted by molar-refractivity contribution is 7.15. The predicted octanol–water partition coefficient (Wildman–Crippen LogP) is 2.89. The van der Waals surface area contributed by atoms with Crippen molar-refractivity contribution >= 4 is 23.2 Å². The largest absolute Gasteiger partial charge is 0.462 e. The van der Waals surface area contributed by atoms with Gasteiger partial charge in [0.05, 0.1) is 6.26 Å². The zero-order chi connectivity index (χ0) is 17.2. The van der Waals surface area contributed by atoms with Gasteiger partial charge >= 0.3 is 0 Å². The van der Waals surface area contributed by atoms with Crippen LogP contribution in [0.2, 0.25) is 0 Å². The standard InChI is InChI=1S/C17H21N3O3S/c1-11-13(19-15(24-11)12-7-6-10-23-12)14(21)20-17(16(22)18-2)8-4-3-5-9-17/h6-7,10H,3-5,8-9H2,1-2H3,(H,18,22)(H,20,21). The first kappa shape index (κ1) is 16.7. The number of thiazole rings is 1. The van der Waals surface area contributed by atoms with Gasteiger partial charge in [-0.1, -0.05) is 19.3 Å². The van der Waals surface area contributed by atoms with Crippen LogP contribution in [0.1, 0.15) is 47.5 Å². The van der Waals surface area contributed by atoms with Gasteiger partial charge in [-0.15, -0.1) is 11.3 Å². The van der Waals surface area contributed by atoms with E-state index < -0.39 is 5.54 Å². The number of likely N-dealkylation sites (N-methyl/N-ethyl adjacent to an activating group) is 1. The van der Waals surface area contributed by atoms with Gasteiger partial charge in [0.25, 0.3) is 5.91 Å². The van der Waals surface area contributed by atoms with Crippen molar-refractivity contribution in [2.75, 3.05) is 7.05 Å². The van der Waals surface area contributed by atoms with Gasteiger partial charge in [-0.3, -0.25) is 9.59 Å². The summed E-state index contributed by atoms with van der Waals surface area (Å²) in [5.41, 5.74) is -0.467. The van der Waals surface area contributed by atoms with E-state index in [-0.39, 0.29) is 11.8 Å². The van der Waals surface area contributed by atoms with E-state index in [0.717, 1.165) is 24.1 Å². The number of carbonyl (C=O) groups excluding carboxylic acids is 2. The highest BCUT2D eigenvalue weighted by atomic mass is 32.1. The molecule has 6 nitrogen and oxygen atoms in total. The number of carbonyl (C=O) groups is 2. The number of nitrogens with zero attached hydrogens (tertiary/aromatic N) is 1. The second-order valence-electron chi connectivity index (χ2n) is 6.08. The van der Waals surface area contributed by atoms with Crippen molar-refractivity contribution in [3.05, 3.63) is 29.0 Å². The Kier molecular flexibility index (Phi) is 4.71. The minimum absolute atomic E-state index is 0.130. The second kappa shape index (κ2) is 6.76. The van der Waals surface area contributed by atoms with Crippen LogP contribution >= 0.6 is 11.3 Å². The van der Waals surface area contributed by atoms with Gasteiger partial charge in [0, 0.05) is 11.9 Å². The van der Waals surface area contributed by atoms with Gasteiger partial charge in [-0.05, 0) is 31.9 Å². The van der Waals surface area contributed by atoms with Crippen molar-refractivity contribution < 1.29 is 14.0 Å². The van der Waals surface area contributed by atoms with Crippen molar-refractivity contribution in [3.8, 4) is 10.8 Å². The summed E-state index contributed by atoms with van der Waals surface area (Å²) in [6, 6.07) is 3.60. The third-order valence-electron chi connectivity index (χ3n) is 4.47. The number of aryl methyl sites for hydroxylation is 1. The Labute approximate surface area is 144 Å². The molecule has 24 heavy (non-hydrogen) atoms. The molecule has 2 heterocycles. The Morgan fingerprint density at radius 2 is 2.04 bits per heavy atom. The molecule has 7 heteroatoms. The Balaban J connectivity index is 1.84. The first-order valence-electron chi connectivity index (χ1n) is 8.12. The van der Waals surface area contributed by atoms with Crippen LogP contribution in [0.15, 0.2) is 22.8 Å². The lowest BCUT2D eigenvalue weighted by Crippen LogP contribution is -2.59. The van der Waals surface area contributed by atoms with E-state index in [1.54, 1.807) is 19.4 Å². The molecule has 0 unspecified atom stereocenters. The molecular formula is C17H21N3O3S. The maximum Gasteiger partial charge on any atom is 0.271 e. The predicted molar refractivity (Wildman–Crippen MR) is 91.9 cm³/mol. The van der Waals surface area contributed by atoms with E-state index in [4.69, 9.17) is 4.42 Å². The third-order valence-corrected chi connectivity index (χ3v) is 5.45. The molecule has 1 aliphatic rings. The summed E-state index contributed by atoms with van der Waals surface area (Å²) in [5, 5.41) is 6.32. The molecule has 1 fully saturated rings. The molecule has 3 rings (SSSR count). The molecule has 0 aromatic carbocycles. The maximum absolute atomic E-state index is 12.8. The fourth-order valence-electron chi connectivity index (χ4n) is 3.19. The molecule has 2 amide bonds. The smallest absolute Gasteiger partial charge is 0.271 e. The SMILES string of the molecule is CNC(=O)C1(NC(=O)c2nc(-c3ccco3)sc2C)CCCCC1. The lowest BCUT2D eigenvalue weighted by molar-refractivity contribution is -0.128. The number of aromatic nitrogens is 1. The monoisotopic (exact) mass is 347 g/mol. The topological polar surface area (TPSA) is 84.2 Å². The molecular weight excluding hydrogens is 326 g/mol. The molecule has 0 spiro atoms. The zero-order valence-corrected chi connectivity index (χ0v) is 14.7. The first-order chi connectivity index (χ1) is 11.6. The summed E-state index contributed by atoms with van der Waals surface area (Å²) in [6.45, 7) is 1.85. The number of rotatable bonds is 4. The summed E-state index contributed by atoms with van der Waals surface area (Å²) >= 11 is 1.41. The van der Waals surface area contributed by atoms with Gasteiger partial charge in [0.15, 0.2) is 10.8 Å². The molecule has 2 N–H and O–H groups in total. The Bertz CT molecular complexity index is 730. The van der Waals surface area contributed by atoms with Gasteiger partial charge in [-0.2, -0.15) is 0 Å². The summed E-state index contributed by atoms with van der Waals surface area (Å²) in [5.74, 6) is 0.211. The van der Waals surface area contributed by atoms with E-state index in [1.165, 1.54) is 11.3 Å². The Hall–Kier alpha value is -2.15. The van der Waals surface area contributed by atoms with Gasteiger partial charge in [0.1, 0.15) is 11.2 Å². The quantitative estimate of drug-likeness (QED) is 0.891. The van der Waals surface area contributed by atoms with E-state index in [1.807, 2.05) is 13.0 Å². The van der Waals surface area contributed by atoms with Gasteiger partial charge in [0.2, 0.25) is 5.91 Å². The zero-order valence-electron chi connectivity index (χ0n) is 13.8. The van der Waals surface area contributed by atoms with E-state index >= 15 is 0 Å². The van der Waals surface area contributed by atoms with Gasteiger partial charge < -0.3 is 15.1 Å². The number of furan rings is 1. The van der Waals surface area contributed by atoms with Crippen LogP contribution in [0.25, 0.3) is 10.8 Å². The molecule has 0 bridgehead atoms. The third kappa shape index (κ3) is 3.08. The average Bonchev–Trinajstić information content (AvgIpc) is 3.24. The number of amides is 2. The van der Waals surface area contributed by atoms with Crippen molar-refractivity contribution in [1.29, 1.82) is 0 Å². The molecule has 0 saturated heterocycles. The summed E-state index contributed by atoms with van der Waals surface area (Å²) < 4.78 is 5.35. The normalized spacial score (nSPS) is 16.6. The lowest BCUT2D eigenvalue weighted by atomic mass is 9.80. The first-order valence-corrected chi connectivity index (χ1v) is 8.93. The Morgan fingerprint density at radius 1 is 1.29 bits per heavy atom. The summed E-state index contributed by atoms with van der Waals surface area (Å²) in [6.07, 6.45) is 5.85. The van der Waals surface area contributed by atoms with Crippen molar-refractivity contribution in [2.24, 2.45) is 0 Å². The molecule has 1 aliphatic carbocycles. The molecule has 0 radical (unpaired) electrons. The minimum Gasteiger partial charge on any atom is -0.462 e. The molecule has 128 valence electrons. The highest BCUT2D eigenvalue weighted by Gasteiger charge is 2.41. The minimum atomic E-state index is -0.828. The molecule has 0 aliphatic heterocycles. The summed E-state index contributed by atoms with van der Waals surface area (Å²) in [7, 11) is 1.61. The fourth-order valence-corrected chi connectivity index (χ4v) is 4.07. The molecule has 0 atom stereocenters. The van der Waals surface area contributed by atoms with E-state index in [2.05, 4.69) is 15.6 Å².